The first kappa shape index (κ1) is 12.9. The third-order valence-corrected chi connectivity index (χ3v) is 2.48. The topological polar surface area (TPSA) is 90.4 Å². The third kappa shape index (κ3) is 2.85. The monoisotopic (exact) mass is 261 g/mol. The molecule has 1 heterocycles. The zero-order valence-corrected chi connectivity index (χ0v) is 10.7. The molecule has 0 unspecified atom stereocenters. The number of phenols is 1. The van der Waals surface area contributed by atoms with Crippen molar-refractivity contribution in [3.05, 3.63) is 36.0 Å². The summed E-state index contributed by atoms with van der Waals surface area (Å²) in [4.78, 5) is 12.0. The van der Waals surface area contributed by atoms with Crippen molar-refractivity contribution < 1.29 is 14.6 Å². The maximum absolute atomic E-state index is 12.0. The van der Waals surface area contributed by atoms with E-state index in [-0.39, 0.29) is 29.1 Å². The lowest BCUT2D eigenvalue weighted by atomic mass is 10.3. The number of phenolic OH excluding ortho intramolecular Hbond substituents is 1. The van der Waals surface area contributed by atoms with Gasteiger partial charge in [-0.3, -0.25) is 4.68 Å². The summed E-state index contributed by atoms with van der Waals surface area (Å²) in [6, 6.07) is 7.48. The Labute approximate surface area is 110 Å². The lowest BCUT2D eigenvalue weighted by Crippen LogP contribution is -2.17. The summed E-state index contributed by atoms with van der Waals surface area (Å²) >= 11 is 0. The fraction of sp³-hybridized carbons (Fsp3) is 0.231. The average molecular weight is 261 g/mol. The summed E-state index contributed by atoms with van der Waals surface area (Å²) in [5.74, 6) is -0.0117. The van der Waals surface area contributed by atoms with Gasteiger partial charge in [0.2, 0.25) is 0 Å². The molecule has 0 radical (unpaired) electrons. The lowest BCUT2D eigenvalue weighted by Gasteiger charge is -2.10. The molecule has 6 nitrogen and oxygen atoms in total. The van der Waals surface area contributed by atoms with Crippen molar-refractivity contribution in [1.82, 2.24) is 9.78 Å². The number of benzene rings is 1. The Balaban J connectivity index is 2.25. The first-order valence-electron chi connectivity index (χ1n) is 5.83. The maximum atomic E-state index is 12.0. The van der Waals surface area contributed by atoms with Gasteiger partial charge >= 0.3 is 5.97 Å². The van der Waals surface area contributed by atoms with Crippen LogP contribution in [0.2, 0.25) is 0 Å². The summed E-state index contributed by atoms with van der Waals surface area (Å²) < 4.78 is 6.67. The van der Waals surface area contributed by atoms with Gasteiger partial charge in [-0.2, -0.15) is 5.10 Å². The lowest BCUT2D eigenvalue weighted by molar-refractivity contribution is 0.0719. The predicted molar refractivity (Wildman–Crippen MR) is 70.1 cm³/mol. The molecule has 0 aliphatic carbocycles. The second kappa shape index (κ2) is 5.01. The number of nitrogen functional groups attached to an aromatic ring is 1. The largest absolute Gasteiger partial charge is 0.508 e. The van der Waals surface area contributed by atoms with Crippen LogP contribution in [0.1, 0.15) is 30.4 Å². The van der Waals surface area contributed by atoms with E-state index in [2.05, 4.69) is 5.10 Å². The number of aromatic nitrogens is 2. The van der Waals surface area contributed by atoms with E-state index in [1.165, 1.54) is 22.9 Å². The summed E-state index contributed by atoms with van der Waals surface area (Å²) in [5.41, 5.74) is 5.87. The van der Waals surface area contributed by atoms with E-state index in [0.717, 1.165) is 0 Å². The molecule has 0 atom stereocenters. The summed E-state index contributed by atoms with van der Waals surface area (Å²) in [5, 5.41) is 13.3. The van der Waals surface area contributed by atoms with Gasteiger partial charge in [0, 0.05) is 18.2 Å². The molecule has 0 bridgehead atoms. The van der Waals surface area contributed by atoms with Gasteiger partial charge in [0.15, 0.2) is 0 Å². The van der Waals surface area contributed by atoms with Crippen LogP contribution in [0.5, 0.6) is 11.5 Å². The number of hydrogen-bond acceptors (Lipinski definition) is 5. The Morgan fingerprint density at radius 2 is 2.16 bits per heavy atom. The first-order chi connectivity index (χ1) is 8.97. The minimum absolute atomic E-state index is 0.0102. The van der Waals surface area contributed by atoms with Crippen molar-refractivity contribution in [3.63, 3.8) is 0 Å². The van der Waals surface area contributed by atoms with Gasteiger partial charge in [0.05, 0.1) is 0 Å². The third-order valence-electron chi connectivity index (χ3n) is 2.48. The van der Waals surface area contributed by atoms with E-state index in [4.69, 9.17) is 10.5 Å². The number of nitrogens with zero attached hydrogens (tertiary/aromatic N) is 2. The standard InChI is InChI=1S/C13H15N3O3/c1-8(2)16-11(7-12(14)15-16)13(18)19-10-5-3-4-9(17)6-10/h3-8,17H,1-2H3,(H2,14,15). The SMILES string of the molecule is CC(C)n1nc(N)cc1C(=O)Oc1cccc(O)c1. The van der Waals surface area contributed by atoms with E-state index in [0.29, 0.717) is 0 Å². The Hall–Kier alpha value is -2.50. The highest BCUT2D eigenvalue weighted by Gasteiger charge is 2.18. The molecule has 100 valence electrons. The molecule has 3 N–H and O–H groups in total. The smallest absolute Gasteiger partial charge is 0.362 e. The number of nitrogens with two attached hydrogens (primary N) is 1. The van der Waals surface area contributed by atoms with Gasteiger partial charge < -0.3 is 15.6 Å². The molecule has 0 saturated heterocycles. The molecule has 19 heavy (non-hydrogen) atoms. The van der Waals surface area contributed by atoms with Crippen molar-refractivity contribution in [3.8, 4) is 11.5 Å². The Bertz CT molecular complexity index is 605. The van der Waals surface area contributed by atoms with Gasteiger partial charge in [-0.05, 0) is 26.0 Å². The minimum Gasteiger partial charge on any atom is -0.508 e. The van der Waals surface area contributed by atoms with Gasteiger partial charge in [-0.1, -0.05) is 6.07 Å². The summed E-state index contributed by atoms with van der Waals surface area (Å²) in [6.07, 6.45) is 0. The van der Waals surface area contributed by atoms with Crippen molar-refractivity contribution in [2.75, 3.05) is 5.73 Å². The van der Waals surface area contributed by atoms with Crippen LogP contribution >= 0.6 is 0 Å². The molecule has 0 aliphatic heterocycles. The fourth-order valence-corrected chi connectivity index (χ4v) is 1.67. The van der Waals surface area contributed by atoms with Crippen LogP contribution < -0.4 is 10.5 Å². The Kier molecular flexibility index (Phi) is 3.41. The number of rotatable bonds is 3. The van der Waals surface area contributed by atoms with Gasteiger partial charge in [0.1, 0.15) is 23.0 Å². The molecule has 0 fully saturated rings. The van der Waals surface area contributed by atoms with Gasteiger partial charge in [-0.25, -0.2) is 4.79 Å². The van der Waals surface area contributed by atoms with Crippen molar-refractivity contribution in [2.24, 2.45) is 0 Å². The van der Waals surface area contributed by atoms with E-state index in [1.54, 1.807) is 12.1 Å². The van der Waals surface area contributed by atoms with Crippen LogP contribution in [0.25, 0.3) is 0 Å². The molecule has 1 aromatic carbocycles. The second-order valence-electron chi connectivity index (χ2n) is 4.38. The molecule has 1 aromatic heterocycles. The zero-order chi connectivity index (χ0) is 14.0. The highest BCUT2D eigenvalue weighted by Crippen LogP contribution is 2.20. The molecule has 0 spiro atoms. The fourth-order valence-electron chi connectivity index (χ4n) is 1.67. The van der Waals surface area contributed by atoms with Crippen LogP contribution in [0.3, 0.4) is 0 Å². The molecule has 0 amide bonds. The zero-order valence-electron chi connectivity index (χ0n) is 10.7. The number of aromatic hydroxyl groups is 1. The quantitative estimate of drug-likeness (QED) is 0.651. The van der Waals surface area contributed by atoms with E-state index >= 15 is 0 Å². The molecule has 0 saturated carbocycles. The number of anilines is 1. The summed E-state index contributed by atoms with van der Waals surface area (Å²) in [6.45, 7) is 3.77. The average Bonchev–Trinajstić information content (AvgIpc) is 2.71. The van der Waals surface area contributed by atoms with Crippen LogP contribution in [-0.2, 0) is 0 Å². The van der Waals surface area contributed by atoms with Crippen molar-refractivity contribution in [2.45, 2.75) is 19.9 Å². The molecule has 6 heteroatoms. The molecule has 2 aromatic rings. The van der Waals surface area contributed by atoms with Gasteiger partial charge in [-0.15, -0.1) is 0 Å². The van der Waals surface area contributed by atoms with E-state index in [1.807, 2.05) is 13.8 Å². The minimum atomic E-state index is -0.566. The van der Waals surface area contributed by atoms with Crippen LogP contribution in [0, 0.1) is 0 Å². The number of hydrogen-bond donors (Lipinski definition) is 2. The molecule has 2 rings (SSSR count). The maximum Gasteiger partial charge on any atom is 0.362 e. The molecular weight excluding hydrogens is 246 g/mol. The first-order valence-corrected chi connectivity index (χ1v) is 5.83. The highest BCUT2D eigenvalue weighted by molar-refractivity contribution is 5.90. The van der Waals surface area contributed by atoms with Gasteiger partial charge in [0.25, 0.3) is 0 Å². The van der Waals surface area contributed by atoms with E-state index in [9.17, 15) is 9.90 Å². The second-order valence-corrected chi connectivity index (χ2v) is 4.38. The predicted octanol–water partition coefficient (Wildman–Crippen LogP) is 1.97. The van der Waals surface area contributed by atoms with E-state index < -0.39 is 5.97 Å². The number of ether oxygens (including phenoxy) is 1. The van der Waals surface area contributed by atoms with Crippen LogP contribution in [0.4, 0.5) is 5.82 Å². The Morgan fingerprint density at radius 1 is 1.42 bits per heavy atom. The van der Waals surface area contributed by atoms with Crippen LogP contribution in [-0.4, -0.2) is 20.9 Å². The highest BCUT2D eigenvalue weighted by atomic mass is 16.5. The van der Waals surface area contributed by atoms with Crippen molar-refractivity contribution >= 4 is 11.8 Å². The number of carbonyl (C=O) groups is 1. The normalized spacial score (nSPS) is 10.7. The molecule has 0 aliphatic rings. The van der Waals surface area contributed by atoms with Crippen molar-refractivity contribution in [1.29, 1.82) is 0 Å². The van der Waals surface area contributed by atoms with Crippen LogP contribution in [0.15, 0.2) is 30.3 Å². The number of carbonyl (C=O) groups excluding carboxylic acids is 1. The number of esters is 1. The molecular formula is C13H15N3O3. The Morgan fingerprint density at radius 3 is 2.79 bits per heavy atom. The summed E-state index contributed by atoms with van der Waals surface area (Å²) in [7, 11) is 0.